The van der Waals surface area contributed by atoms with Gasteiger partial charge in [-0.2, -0.15) is 0 Å². The maximum Gasteiger partial charge on any atom is 0.129 e. The lowest BCUT2D eigenvalue weighted by atomic mass is 10.1. The molecule has 4 rings (SSSR count). The third-order valence-electron chi connectivity index (χ3n) is 4.53. The van der Waals surface area contributed by atoms with Gasteiger partial charge in [-0.25, -0.2) is 4.98 Å². The van der Waals surface area contributed by atoms with Gasteiger partial charge in [0.1, 0.15) is 5.82 Å². The van der Waals surface area contributed by atoms with Gasteiger partial charge in [0.25, 0.3) is 0 Å². The molecule has 4 heteroatoms. The van der Waals surface area contributed by atoms with E-state index in [1.807, 2.05) is 30.3 Å². The highest BCUT2D eigenvalue weighted by Crippen LogP contribution is 2.31. The zero-order valence-electron chi connectivity index (χ0n) is 13.5. The molecule has 0 saturated carbocycles. The van der Waals surface area contributed by atoms with Crippen LogP contribution in [0.25, 0.3) is 10.9 Å². The lowest BCUT2D eigenvalue weighted by molar-refractivity contribution is 0.949. The fraction of sp³-hybridized carbons (Fsp3) is 0.250. The van der Waals surface area contributed by atoms with Gasteiger partial charge in [0.05, 0.1) is 5.52 Å². The number of para-hydroxylation sites is 1. The molecule has 1 aromatic heterocycles. The Hall–Kier alpha value is -2.26. The molecule has 2 aromatic carbocycles. The topological polar surface area (TPSA) is 28.2 Å². The first-order chi connectivity index (χ1) is 11.8. The Labute approximate surface area is 147 Å². The van der Waals surface area contributed by atoms with Crippen molar-refractivity contribution in [3.05, 3.63) is 65.2 Å². The van der Waals surface area contributed by atoms with Crippen molar-refractivity contribution in [2.75, 3.05) is 23.3 Å². The van der Waals surface area contributed by atoms with E-state index >= 15 is 0 Å². The normalized spacial score (nSPS) is 14.3. The van der Waals surface area contributed by atoms with Crippen molar-refractivity contribution in [2.45, 2.75) is 19.4 Å². The lowest BCUT2D eigenvalue weighted by Gasteiger charge is -2.21. The maximum atomic E-state index is 5.95. The molecule has 2 heterocycles. The fourth-order valence-corrected chi connectivity index (χ4v) is 3.39. The number of fused-ring (bicyclic) bond motifs is 1. The van der Waals surface area contributed by atoms with Gasteiger partial charge in [0.2, 0.25) is 0 Å². The zero-order chi connectivity index (χ0) is 16.4. The van der Waals surface area contributed by atoms with Crippen LogP contribution in [-0.4, -0.2) is 18.1 Å². The van der Waals surface area contributed by atoms with E-state index in [0.717, 1.165) is 36.0 Å². The summed E-state index contributed by atoms with van der Waals surface area (Å²) in [5.74, 6) is 0.922. The monoisotopic (exact) mass is 337 g/mol. The predicted octanol–water partition coefficient (Wildman–Crippen LogP) is 5.10. The number of hydrogen-bond donors (Lipinski definition) is 1. The van der Waals surface area contributed by atoms with Gasteiger partial charge in [-0.1, -0.05) is 41.9 Å². The minimum atomic E-state index is 0.738. The van der Waals surface area contributed by atoms with Crippen molar-refractivity contribution >= 4 is 34.0 Å². The molecule has 1 N–H and O–H groups in total. The minimum absolute atomic E-state index is 0.738. The van der Waals surface area contributed by atoms with Crippen LogP contribution >= 0.6 is 11.6 Å². The van der Waals surface area contributed by atoms with Crippen LogP contribution in [0.2, 0.25) is 5.02 Å². The average molecular weight is 338 g/mol. The standard InChI is InChI=1S/C20H20ClN3/c21-16-9-7-15(8-10-16)14-22-20-13-19(24-11-3-4-12-24)17-5-1-2-6-18(17)23-20/h1-2,5-10,13H,3-4,11-12,14H2,(H,22,23). The van der Waals surface area contributed by atoms with Crippen LogP contribution in [0.3, 0.4) is 0 Å². The van der Waals surface area contributed by atoms with Crippen LogP contribution in [0, 0.1) is 0 Å². The van der Waals surface area contributed by atoms with Crippen LogP contribution in [0.5, 0.6) is 0 Å². The van der Waals surface area contributed by atoms with Gasteiger partial charge in [-0.15, -0.1) is 0 Å². The molecule has 0 aliphatic carbocycles. The van der Waals surface area contributed by atoms with E-state index < -0.39 is 0 Å². The number of aromatic nitrogens is 1. The van der Waals surface area contributed by atoms with Crippen molar-refractivity contribution in [3.63, 3.8) is 0 Å². The Morgan fingerprint density at radius 1 is 1.00 bits per heavy atom. The molecule has 1 saturated heterocycles. The molecule has 0 atom stereocenters. The Balaban J connectivity index is 1.64. The summed E-state index contributed by atoms with van der Waals surface area (Å²) in [7, 11) is 0. The smallest absolute Gasteiger partial charge is 0.129 e. The highest BCUT2D eigenvalue weighted by molar-refractivity contribution is 6.30. The third-order valence-corrected chi connectivity index (χ3v) is 4.78. The quantitative estimate of drug-likeness (QED) is 0.717. The van der Waals surface area contributed by atoms with E-state index in [1.165, 1.54) is 29.5 Å². The molecular formula is C20H20ClN3. The molecule has 1 aliphatic rings. The second-order valence-electron chi connectivity index (χ2n) is 6.22. The summed E-state index contributed by atoms with van der Waals surface area (Å²) in [6.07, 6.45) is 2.54. The van der Waals surface area contributed by atoms with Gasteiger partial charge in [-0.05, 0) is 36.6 Å². The summed E-state index contributed by atoms with van der Waals surface area (Å²) < 4.78 is 0. The Kier molecular flexibility index (Phi) is 4.26. The Morgan fingerprint density at radius 2 is 1.75 bits per heavy atom. The molecule has 3 nitrogen and oxygen atoms in total. The lowest BCUT2D eigenvalue weighted by Crippen LogP contribution is -2.18. The third kappa shape index (κ3) is 3.17. The van der Waals surface area contributed by atoms with Gasteiger partial charge < -0.3 is 10.2 Å². The summed E-state index contributed by atoms with van der Waals surface area (Å²) in [6, 6.07) is 18.5. The van der Waals surface area contributed by atoms with E-state index in [9.17, 15) is 0 Å². The van der Waals surface area contributed by atoms with Gasteiger partial charge in [0.15, 0.2) is 0 Å². The summed E-state index contributed by atoms with van der Waals surface area (Å²) in [4.78, 5) is 7.25. The van der Waals surface area contributed by atoms with Crippen molar-refractivity contribution in [3.8, 4) is 0 Å². The van der Waals surface area contributed by atoms with Gasteiger partial charge in [0, 0.05) is 41.8 Å². The number of nitrogens with zero attached hydrogens (tertiary/aromatic N) is 2. The molecule has 0 spiro atoms. The second-order valence-corrected chi connectivity index (χ2v) is 6.65. The average Bonchev–Trinajstić information content (AvgIpc) is 3.15. The van der Waals surface area contributed by atoms with Crippen LogP contribution in [0.1, 0.15) is 18.4 Å². The maximum absolute atomic E-state index is 5.95. The van der Waals surface area contributed by atoms with E-state index in [0.29, 0.717) is 0 Å². The van der Waals surface area contributed by atoms with Crippen LogP contribution < -0.4 is 10.2 Å². The molecule has 0 bridgehead atoms. The van der Waals surface area contributed by atoms with Crippen molar-refractivity contribution in [2.24, 2.45) is 0 Å². The largest absolute Gasteiger partial charge is 0.371 e. The summed E-state index contributed by atoms with van der Waals surface area (Å²) in [5.41, 5.74) is 3.52. The molecule has 1 fully saturated rings. The number of rotatable bonds is 4. The summed E-state index contributed by atoms with van der Waals surface area (Å²) >= 11 is 5.95. The summed E-state index contributed by atoms with van der Waals surface area (Å²) in [6.45, 7) is 3.00. The van der Waals surface area contributed by atoms with Gasteiger partial charge >= 0.3 is 0 Å². The van der Waals surface area contributed by atoms with E-state index in [1.54, 1.807) is 0 Å². The molecule has 122 valence electrons. The van der Waals surface area contributed by atoms with Crippen LogP contribution in [0.15, 0.2) is 54.6 Å². The number of pyridine rings is 1. The van der Waals surface area contributed by atoms with Crippen molar-refractivity contribution in [1.82, 2.24) is 4.98 Å². The van der Waals surface area contributed by atoms with Crippen LogP contribution in [-0.2, 0) is 6.54 Å². The Bertz CT molecular complexity index is 839. The molecule has 24 heavy (non-hydrogen) atoms. The van der Waals surface area contributed by atoms with Crippen molar-refractivity contribution in [1.29, 1.82) is 0 Å². The molecule has 3 aromatic rings. The summed E-state index contributed by atoms with van der Waals surface area (Å²) in [5, 5.41) is 5.45. The number of halogens is 1. The zero-order valence-corrected chi connectivity index (χ0v) is 14.3. The minimum Gasteiger partial charge on any atom is -0.371 e. The molecule has 0 radical (unpaired) electrons. The second kappa shape index (κ2) is 6.70. The molecule has 0 amide bonds. The first-order valence-electron chi connectivity index (χ1n) is 8.43. The molecule has 0 unspecified atom stereocenters. The fourth-order valence-electron chi connectivity index (χ4n) is 3.26. The SMILES string of the molecule is Clc1ccc(CNc2cc(N3CCCC3)c3ccccc3n2)cc1. The number of hydrogen-bond acceptors (Lipinski definition) is 3. The van der Waals surface area contributed by atoms with E-state index in [4.69, 9.17) is 16.6 Å². The van der Waals surface area contributed by atoms with E-state index in [2.05, 4.69) is 34.5 Å². The number of benzene rings is 2. The van der Waals surface area contributed by atoms with Gasteiger partial charge in [-0.3, -0.25) is 0 Å². The molecular weight excluding hydrogens is 318 g/mol. The number of nitrogens with one attached hydrogen (secondary N) is 1. The first kappa shape index (κ1) is 15.3. The Morgan fingerprint density at radius 3 is 2.54 bits per heavy atom. The number of anilines is 2. The first-order valence-corrected chi connectivity index (χ1v) is 8.80. The van der Waals surface area contributed by atoms with E-state index in [-0.39, 0.29) is 0 Å². The highest BCUT2D eigenvalue weighted by Gasteiger charge is 2.16. The molecule has 1 aliphatic heterocycles. The highest BCUT2D eigenvalue weighted by atomic mass is 35.5. The van der Waals surface area contributed by atoms with Crippen LogP contribution in [0.4, 0.5) is 11.5 Å². The predicted molar refractivity (Wildman–Crippen MR) is 102 cm³/mol. The van der Waals surface area contributed by atoms with Crippen molar-refractivity contribution < 1.29 is 0 Å².